The van der Waals surface area contributed by atoms with Crippen LogP contribution in [0.4, 0.5) is 0 Å². The lowest BCUT2D eigenvalue weighted by molar-refractivity contribution is -0.146. The van der Waals surface area contributed by atoms with E-state index in [-0.39, 0.29) is 16.7 Å². The van der Waals surface area contributed by atoms with Crippen molar-refractivity contribution in [2.45, 2.75) is 43.0 Å². The van der Waals surface area contributed by atoms with Gasteiger partial charge < -0.3 is 4.90 Å². The summed E-state index contributed by atoms with van der Waals surface area (Å²) in [7, 11) is -1.99. The maximum absolute atomic E-state index is 12.9. The van der Waals surface area contributed by atoms with Crippen molar-refractivity contribution in [3.8, 4) is 0 Å². The molecule has 7 heteroatoms. The van der Waals surface area contributed by atoms with Gasteiger partial charge in [-0.15, -0.1) is 0 Å². The predicted molar refractivity (Wildman–Crippen MR) is 114 cm³/mol. The van der Waals surface area contributed by atoms with Crippen molar-refractivity contribution in [3.63, 3.8) is 0 Å². The Balaban J connectivity index is 1.52. The van der Waals surface area contributed by atoms with Crippen molar-refractivity contribution in [3.05, 3.63) is 65.7 Å². The normalized spacial score (nSPS) is 19.4. The molecule has 1 heterocycles. The SMILES string of the molecule is Cc1ccc(S(=O)(=O)ON2CCC(c3ccccc3)(N(C)C(=O)C3CC3)CC2)cc1. The van der Waals surface area contributed by atoms with Crippen LogP contribution < -0.4 is 0 Å². The van der Waals surface area contributed by atoms with Crippen molar-refractivity contribution in [2.24, 2.45) is 5.92 Å². The minimum atomic E-state index is -3.87. The molecule has 160 valence electrons. The number of carbonyl (C=O) groups excluding carboxylic acids is 1. The van der Waals surface area contributed by atoms with Gasteiger partial charge in [-0.1, -0.05) is 48.0 Å². The third-order valence-electron chi connectivity index (χ3n) is 6.27. The molecule has 0 atom stereocenters. The standard InChI is InChI=1S/C23H28N2O4S/c1-18-8-12-21(13-9-18)30(27,28)29-25-16-14-23(15-17-25,20-6-4-3-5-7-20)24(2)22(26)19-10-11-19/h3-9,12-13,19H,10-11,14-17H2,1-2H3. The smallest absolute Gasteiger partial charge is 0.313 e. The van der Waals surface area contributed by atoms with Crippen LogP contribution in [0.15, 0.2) is 59.5 Å². The van der Waals surface area contributed by atoms with E-state index in [2.05, 4.69) is 12.1 Å². The van der Waals surface area contributed by atoms with Crippen molar-refractivity contribution in [1.29, 1.82) is 0 Å². The van der Waals surface area contributed by atoms with Gasteiger partial charge in [-0.25, -0.2) is 0 Å². The summed E-state index contributed by atoms with van der Waals surface area (Å²) in [6, 6.07) is 16.7. The molecule has 0 N–H and O–H groups in total. The van der Waals surface area contributed by atoms with Crippen LogP contribution in [0.25, 0.3) is 0 Å². The largest absolute Gasteiger partial charge is 0.336 e. The maximum atomic E-state index is 12.9. The van der Waals surface area contributed by atoms with Gasteiger partial charge in [0.15, 0.2) is 0 Å². The summed E-state index contributed by atoms with van der Waals surface area (Å²) in [5, 5.41) is 1.51. The summed E-state index contributed by atoms with van der Waals surface area (Å²) >= 11 is 0. The van der Waals surface area contributed by atoms with E-state index in [1.54, 1.807) is 24.3 Å². The summed E-state index contributed by atoms with van der Waals surface area (Å²) in [5.74, 6) is 0.312. The molecule has 4 rings (SSSR count). The molecule has 1 amide bonds. The van der Waals surface area contributed by atoms with E-state index in [0.717, 1.165) is 24.0 Å². The Morgan fingerprint density at radius 2 is 1.63 bits per heavy atom. The van der Waals surface area contributed by atoms with Crippen molar-refractivity contribution >= 4 is 16.0 Å². The molecule has 2 fully saturated rings. The average Bonchev–Trinajstić information content (AvgIpc) is 3.59. The lowest BCUT2D eigenvalue weighted by Crippen LogP contribution is -2.54. The first-order chi connectivity index (χ1) is 14.3. The Kier molecular flexibility index (Phi) is 5.70. The van der Waals surface area contributed by atoms with E-state index < -0.39 is 15.7 Å². The maximum Gasteiger partial charge on any atom is 0.313 e. The van der Waals surface area contributed by atoms with Gasteiger partial charge in [-0.05, 0) is 50.3 Å². The molecule has 6 nitrogen and oxygen atoms in total. The number of hydrogen-bond donors (Lipinski definition) is 0. The zero-order valence-electron chi connectivity index (χ0n) is 17.5. The Labute approximate surface area is 178 Å². The molecule has 2 aliphatic rings. The number of benzene rings is 2. The zero-order chi connectivity index (χ0) is 21.4. The fraction of sp³-hybridized carbons (Fsp3) is 0.435. The third-order valence-corrected chi connectivity index (χ3v) is 7.53. The number of rotatable bonds is 6. The van der Waals surface area contributed by atoms with Gasteiger partial charge in [0.05, 0.1) is 10.4 Å². The first-order valence-electron chi connectivity index (χ1n) is 10.4. The van der Waals surface area contributed by atoms with Crippen LogP contribution in [0.2, 0.25) is 0 Å². The number of aryl methyl sites for hydroxylation is 1. The van der Waals surface area contributed by atoms with Gasteiger partial charge in [0.25, 0.3) is 0 Å². The summed E-state index contributed by atoms with van der Waals surface area (Å²) < 4.78 is 30.7. The Morgan fingerprint density at radius 3 is 2.20 bits per heavy atom. The van der Waals surface area contributed by atoms with Crippen LogP contribution in [0.5, 0.6) is 0 Å². The molecule has 0 spiro atoms. The second-order valence-corrected chi connectivity index (χ2v) is 9.87. The minimum absolute atomic E-state index is 0.131. The third kappa shape index (κ3) is 4.15. The molecule has 2 aromatic rings. The molecular formula is C23H28N2O4S. The summed E-state index contributed by atoms with van der Waals surface area (Å²) in [5.41, 5.74) is 1.62. The van der Waals surface area contributed by atoms with Gasteiger partial charge in [-0.2, -0.15) is 17.8 Å². The minimum Gasteiger partial charge on any atom is -0.336 e. The van der Waals surface area contributed by atoms with E-state index >= 15 is 0 Å². The molecule has 0 bridgehead atoms. The van der Waals surface area contributed by atoms with Crippen LogP contribution in [-0.4, -0.2) is 44.4 Å². The summed E-state index contributed by atoms with van der Waals surface area (Å²) in [4.78, 5) is 14.9. The number of carbonyl (C=O) groups is 1. The highest BCUT2D eigenvalue weighted by atomic mass is 32.2. The molecule has 30 heavy (non-hydrogen) atoms. The number of hydroxylamine groups is 2. The quantitative estimate of drug-likeness (QED) is 0.705. The number of piperidine rings is 1. The second-order valence-electron chi connectivity index (χ2n) is 8.34. The van der Waals surface area contributed by atoms with E-state index in [1.165, 1.54) is 5.06 Å². The van der Waals surface area contributed by atoms with Crippen LogP contribution in [0.3, 0.4) is 0 Å². The summed E-state index contributed by atoms with van der Waals surface area (Å²) in [6.07, 6.45) is 3.13. The van der Waals surface area contributed by atoms with Crippen LogP contribution in [-0.2, 0) is 24.7 Å². The molecule has 1 saturated heterocycles. The Bertz CT molecular complexity index is 993. The fourth-order valence-corrected chi connectivity index (χ4v) is 5.18. The fourth-order valence-electron chi connectivity index (χ4n) is 4.20. The zero-order valence-corrected chi connectivity index (χ0v) is 18.3. The van der Waals surface area contributed by atoms with Crippen LogP contribution in [0, 0.1) is 12.8 Å². The topological polar surface area (TPSA) is 66.9 Å². The van der Waals surface area contributed by atoms with E-state index in [4.69, 9.17) is 4.28 Å². The Hall–Kier alpha value is -2.22. The lowest BCUT2D eigenvalue weighted by Gasteiger charge is -2.47. The first kappa shape index (κ1) is 21.0. The molecule has 1 aliphatic heterocycles. The molecular weight excluding hydrogens is 400 g/mol. The van der Waals surface area contributed by atoms with Gasteiger partial charge in [0.1, 0.15) is 0 Å². The van der Waals surface area contributed by atoms with Gasteiger partial charge in [-0.3, -0.25) is 4.79 Å². The van der Waals surface area contributed by atoms with Crippen LogP contribution >= 0.6 is 0 Å². The van der Waals surface area contributed by atoms with Gasteiger partial charge in [0.2, 0.25) is 5.91 Å². The van der Waals surface area contributed by atoms with Gasteiger partial charge >= 0.3 is 10.1 Å². The predicted octanol–water partition coefficient (Wildman–Crippen LogP) is 3.48. The molecule has 1 aliphatic carbocycles. The number of hydrogen-bond acceptors (Lipinski definition) is 5. The summed E-state index contributed by atoms with van der Waals surface area (Å²) in [6.45, 7) is 2.75. The number of amides is 1. The van der Waals surface area contributed by atoms with Crippen molar-refractivity contribution in [2.75, 3.05) is 20.1 Å². The highest BCUT2D eigenvalue weighted by Gasteiger charge is 2.46. The van der Waals surface area contributed by atoms with E-state index in [1.807, 2.05) is 37.1 Å². The monoisotopic (exact) mass is 428 g/mol. The lowest BCUT2D eigenvalue weighted by atomic mass is 9.79. The van der Waals surface area contributed by atoms with Gasteiger partial charge in [0, 0.05) is 26.1 Å². The van der Waals surface area contributed by atoms with Crippen molar-refractivity contribution in [1.82, 2.24) is 9.96 Å². The first-order valence-corrected chi connectivity index (χ1v) is 11.8. The van der Waals surface area contributed by atoms with Crippen molar-refractivity contribution < 1.29 is 17.5 Å². The van der Waals surface area contributed by atoms with E-state index in [0.29, 0.717) is 25.9 Å². The Morgan fingerprint density at radius 1 is 1.03 bits per heavy atom. The van der Waals surface area contributed by atoms with E-state index in [9.17, 15) is 13.2 Å². The van der Waals surface area contributed by atoms with Crippen LogP contribution in [0.1, 0.15) is 36.8 Å². The highest BCUT2D eigenvalue weighted by molar-refractivity contribution is 7.86. The molecule has 2 aromatic carbocycles. The number of nitrogens with zero attached hydrogens (tertiary/aromatic N) is 2. The average molecular weight is 429 g/mol. The molecule has 1 saturated carbocycles. The molecule has 0 radical (unpaired) electrons. The highest BCUT2D eigenvalue weighted by Crippen LogP contribution is 2.42. The second kappa shape index (κ2) is 8.13. The molecule has 0 unspecified atom stereocenters. The molecule has 0 aromatic heterocycles.